The summed E-state index contributed by atoms with van der Waals surface area (Å²) >= 11 is 5.61. The maximum Gasteiger partial charge on any atom is 0.501 e. The molecule has 0 amide bonds. The normalized spacial score (nSPS) is 14.1. The second-order valence-electron chi connectivity index (χ2n) is 4.17. The number of sulfone groups is 1. The molecule has 0 aromatic heterocycles. The minimum atomic E-state index is -5.37. The number of para-hydroxylation sites is 1. The third kappa shape index (κ3) is 3.79. The van der Waals surface area contributed by atoms with Gasteiger partial charge in [0.25, 0.3) is 9.84 Å². The molecule has 1 rings (SSSR count). The lowest BCUT2D eigenvalue weighted by Crippen LogP contribution is -2.26. The summed E-state index contributed by atoms with van der Waals surface area (Å²) in [6.07, 6.45) is 1.14. The highest BCUT2D eigenvalue weighted by molar-refractivity contribution is 7.92. The standard InChI is InChI=1S/C12H15ClF3NO2S/c1-2-9(7-8-13)17-10-5-3-4-6-11(10)20(18,19)12(14,15)16/h3-6,9,17H,2,7-8H2,1H3. The maximum absolute atomic E-state index is 12.6. The van der Waals surface area contributed by atoms with Gasteiger partial charge in [-0.15, -0.1) is 11.6 Å². The molecule has 114 valence electrons. The monoisotopic (exact) mass is 329 g/mol. The molecule has 0 bridgehead atoms. The first-order chi connectivity index (χ1) is 9.24. The summed E-state index contributed by atoms with van der Waals surface area (Å²) in [6.45, 7) is 1.84. The summed E-state index contributed by atoms with van der Waals surface area (Å²) in [6, 6.07) is 4.81. The molecule has 0 fully saturated rings. The fraction of sp³-hybridized carbons (Fsp3) is 0.500. The van der Waals surface area contributed by atoms with Gasteiger partial charge in [0.15, 0.2) is 0 Å². The molecule has 1 aromatic rings. The molecule has 0 saturated heterocycles. The van der Waals surface area contributed by atoms with Crippen molar-refractivity contribution >= 4 is 27.1 Å². The molecule has 0 heterocycles. The third-order valence-corrected chi connectivity index (χ3v) is 4.55. The molecular formula is C12H15ClF3NO2S. The van der Waals surface area contributed by atoms with E-state index in [0.717, 1.165) is 6.07 Å². The minimum absolute atomic E-state index is 0.0539. The van der Waals surface area contributed by atoms with Gasteiger partial charge in [0.2, 0.25) is 0 Å². The van der Waals surface area contributed by atoms with E-state index in [4.69, 9.17) is 11.6 Å². The molecule has 1 N–H and O–H groups in total. The average Bonchev–Trinajstić information content (AvgIpc) is 2.37. The van der Waals surface area contributed by atoms with Crippen molar-refractivity contribution in [3.63, 3.8) is 0 Å². The van der Waals surface area contributed by atoms with Crippen LogP contribution in [0.15, 0.2) is 29.2 Å². The van der Waals surface area contributed by atoms with E-state index in [2.05, 4.69) is 5.32 Å². The van der Waals surface area contributed by atoms with Crippen LogP contribution >= 0.6 is 11.6 Å². The molecule has 20 heavy (non-hydrogen) atoms. The first kappa shape index (κ1) is 17.1. The molecule has 0 aliphatic heterocycles. The summed E-state index contributed by atoms with van der Waals surface area (Å²) in [7, 11) is -5.37. The lowest BCUT2D eigenvalue weighted by molar-refractivity contribution is -0.0435. The largest absolute Gasteiger partial charge is 0.501 e. The summed E-state index contributed by atoms with van der Waals surface area (Å²) in [5, 5.41) is 2.81. The minimum Gasteiger partial charge on any atom is -0.381 e. The van der Waals surface area contributed by atoms with Gasteiger partial charge in [0.1, 0.15) is 0 Å². The zero-order valence-electron chi connectivity index (χ0n) is 10.7. The van der Waals surface area contributed by atoms with Crippen molar-refractivity contribution in [1.82, 2.24) is 0 Å². The second-order valence-corrected chi connectivity index (χ2v) is 6.46. The zero-order valence-corrected chi connectivity index (χ0v) is 12.3. The van der Waals surface area contributed by atoms with Crippen LogP contribution in [-0.4, -0.2) is 25.8 Å². The number of hydrogen-bond donors (Lipinski definition) is 1. The Hall–Kier alpha value is -0.950. The zero-order chi connectivity index (χ0) is 15.4. The molecule has 0 radical (unpaired) electrons. The van der Waals surface area contributed by atoms with E-state index in [1.54, 1.807) is 0 Å². The number of hydrogen-bond acceptors (Lipinski definition) is 3. The fourth-order valence-corrected chi connectivity index (χ4v) is 2.86. The predicted molar refractivity (Wildman–Crippen MR) is 72.7 cm³/mol. The third-order valence-electron chi connectivity index (χ3n) is 2.79. The molecule has 0 spiro atoms. The van der Waals surface area contributed by atoms with Crippen LogP contribution in [0.2, 0.25) is 0 Å². The molecule has 1 aromatic carbocycles. The van der Waals surface area contributed by atoms with Crippen LogP contribution in [0.4, 0.5) is 18.9 Å². The van der Waals surface area contributed by atoms with Crippen LogP contribution in [0.5, 0.6) is 0 Å². The Morgan fingerprint density at radius 1 is 1.30 bits per heavy atom. The van der Waals surface area contributed by atoms with Gasteiger partial charge >= 0.3 is 5.51 Å². The molecule has 1 atom stereocenters. The summed E-state index contributed by atoms with van der Waals surface area (Å²) < 4.78 is 60.9. The highest BCUT2D eigenvalue weighted by Crippen LogP contribution is 2.34. The fourth-order valence-electron chi connectivity index (χ4n) is 1.67. The van der Waals surface area contributed by atoms with Gasteiger partial charge < -0.3 is 5.32 Å². The van der Waals surface area contributed by atoms with Crippen molar-refractivity contribution in [2.24, 2.45) is 0 Å². The summed E-state index contributed by atoms with van der Waals surface area (Å²) in [5.41, 5.74) is -5.37. The Balaban J connectivity index is 3.18. The molecule has 3 nitrogen and oxygen atoms in total. The van der Waals surface area contributed by atoms with Crippen LogP contribution in [0.25, 0.3) is 0 Å². The first-order valence-electron chi connectivity index (χ1n) is 5.97. The van der Waals surface area contributed by atoms with E-state index in [9.17, 15) is 21.6 Å². The van der Waals surface area contributed by atoms with Crippen molar-refractivity contribution in [1.29, 1.82) is 0 Å². The van der Waals surface area contributed by atoms with Crippen LogP contribution < -0.4 is 5.32 Å². The van der Waals surface area contributed by atoms with Crippen LogP contribution in [-0.2, 0) is 9.84 Å². The van der Waals surface area contributed by atoms with Gasteiger partial charge in [-0.25, -0.2) is 8.42 Å². The lowest BCUT2D eigenvalue weighted by Gasteiger charge is -2.20. The molecule has 0 aliphatic carbocycles. The highest BCUT2D eigenvalue weighted by atomic mass is 35.5. The number of alkyl halides is 4. The Morgan fingerprint density at radius 3 is 2.40 bits per heavy atom. The predicted octanol–water partition coefficient (Wildman–Crippen LogP) is 3.80. The maximum atomic E-state index is 12.6. The van der Waals surface area contributed by atoms with Gasteiger partial charge in [-0.2, -0.15) is 13.2 Å². The Labute approximate surface area is 121 Å². The molecule has 1 unspecified atom stereocenters. The summed E-state index contributed by atoms with van der Waals surface area (Å²) in [4.78, 5) is -0.763. The van der Waals surface area contributed by atoms with Gasteiger partial charge in [0.05, 0.1) is 10.6 Å². The van der Waals surface area contributed by atoms with Gasteiger partial charge in [-0.05, 0) is 25.0 Å². The van der Waals surface area contributed by atoms with Gasteiger partial charge in [-0.3, -0.25) is 0 Å². The first-order valence-corrected chi connectivity index (χ1v) is 7.98. The van der Waals surface area contributed by atoms with E-state index in [1.807, 2.05) is 6.92 Å². The van der Waals surface area contributed by atoms with Crippen molar-refractivity contribution in [2.75, 3.05) is 11.2 Å². The van der Waals surface area contributed by atoms with Crippen LogP contribution in [0.1, 0.15) is 19.8 Å². The van der Waals surface area contributed by atoms with Crippen LogP contribution in [0, 0.1) is 0 Å². The highest BCUT2D eigenvalue weighted by Gasteiger charge is 2.47. The molecule has 0 saturated carbocycles. The number of nitrogens with one attached hydrogen (secondary N) is 1. The number of benzene rings is 1. The number of anilines is 1. The molecular weight excluding hydrogens is 315 g/mol. The van der Waals surface area contributed by atoms with Gasteiger partial charge in [-0.1, -0.05) is 19.1 Å². The molecule has 0 aliphatic rings. The SMILES string of the molecule is CCC(CCCl)Nc1ccccc1S(=O)(=O)C(F)(F)F. The van der Waals surface area contributed by atoms with E-state index < -0.39 is 20.2 Å². The van der Waals surface area contributed by atoms with Crippen molar-refractivity contribution in [3.8, 4) is 0 Å². The van der Waals surface area contributed by atoms with Crippen molar-refractivity contribution in [3.05, 3.63) is 24.3 Å². The van der Waals surface area contributed by atoms with Crippen LogP contribution in [0.3, 0.4) is 0 Å². The molecule has 8 heteroatoms. The number of halogens is 4. The topological polar surface area (TPSA) is 46.2 Å². The van der Waals surface area contributed by atoms with Crippen molar-refractivity contribution < 1.29 is 21.6 Å². The van der Waals surface area contributed by atoms with E-state index in [1.165, 1.54) is 18.2 Å². The smallest absolute Gasteiger partial charge is 0.381 e. The Kier molecular flexibility index (Phi) is 5.70. The number of rotatable bonds is 6. The summed E-state index contributed by atoms with van der Waals surface area (Å²) in [5.74, 6) is 0.333. The van der Waals surface area contributed by atoms with E-state index in [-0.39, 0.29) is 11.7 Å². The quantitative estimate of drug-likeness (QED) is 0.807. The van der Waals surface area contributed by atoms with Crippen molar-refractivity contribution in [2.45, 2.75) is 36.2 Å². The average molecular weight is 330 g/mol. The van der Waals surface area contributed by atoms with E-state index >= 15 is 0 Å². The van der Waals surface area contributed by atoms with Gasteiger partial charge in [0, 0.05) is 11.9 Å². The Bertz CT molecular complexity index is 546. The Morgan fingerprint density at radius 2 is 1.90 bits per heavy atom. The second kappa shape index (κ2) is 6.67. The van der Waals surface area contributed by atoms with E-state index in [0.29, 0.717) is 18.7 Å². The lowest BCUT2D eigenvalue weighted by atomic mass is 10.1.